The van der Waals surface area contributed by atoms with E-state index >= 15 is 4.39 Å². The van der Waals surface area contributed by atoms with Gasteiger partial charge in [-0.1, -0.05) is 12.1 Å². The summed E-state index contributed by atoms with van der Waals surface area (Å²) in [5, 5.41) is 5.18. The number of aromatic nitrogens is 3. The van der Waals surface area contributed by atoms with Gasteiger partial charge in [-0.3, -0.25) is 4.90 Å². The average molecular weight is 626 g/mol. The zero-order valence-corrected chi connectivity index (χ0v) is 25.0. The van der Waals surface area contributed by atoms with Crippen LogP contribution in [0.15, 0.2) is 48.9 Å². The molecular formula is C31H35F4N9O. The quantitative estimate of drug-likeness (QED) is 0.256. The molecule has 238 valence electrons. The van der Waals surface area contributed by atoms with E-state index in [4.69, 9.17) is 5.73 Å². The number of nitrogen functional groups attached to an aromatic ring is 1. The number of rotatable bonds is 6. The molecule has 2 aromatic heterocycles. The Hall–Kier alpha value is -4.27. The summed E-state index contributed by atoms with van der Waals surface area (Å²) in [4.78, 5) is 27.8. The van der Waals surface area contributed by atoms with Gasteiger partial charge in [0.05, 0.1) is 22.3 Å². The van der Waals surface area contributed by atoms with Gasteiger partial charge in [-0.25, -0.2) is 19.2 Å². The van der Waals surface area contributed by atoms with E-state index in [9.17, 15) is 18.0 Å². The second kappa shape index (κ2) is 12.3. The van der Waals surface area contributed by atoms with E-state index in [0.717, 1.165) is 51.8 Å². The van der Waals surface area contributed by atoms with E-state index in [1.54, 1.807) is 12.1 Å². The summed E-state index contributed by atoms with van der Waals surface area (Å²) in [7, 11) is 4.05. The number of amides is 2. The fourth-order valence-corrected chi connectivity index (χ4v) is 6.10. The summed E-state index contributed by atoms with van der Waals surface area (Å²) in [5.74, 6) is -0.504. The van der Waals surface area contributed by atoms with Crippen LogP contribution in [0.3, 0.4) is 0 Å². The van der Waals surface area contributed by atoms with E-state index in [-0.39, 0.29) is 17.5 Å². The van der Waals surface area contributed by atoms with Gasteiger partial charge in [0.15, 0.2) is 0 Å². The standard InChI is InChI=1S/C31H35F4N9O/c1-41-9-11-43(12-10-41)15-19-3-5-25(23(13-19)31(33,34)35)39-30(45)40-26-6-4-20(14-24(26)32)22-17-44(21-7-8-42(2)16-21)29-27(22)28(36)37-18-38-29/h3-6,13-14,17-18,21H,7-12,15-16H2,1-2H3,(H2,36,37,38)(H2,39,40,45). The lowest BCUT2D eigenvalue weighted by Crippen LogP contribution is -2.43. The first kappa shape index (κ1) is 30.7. The normalized spacial score (nSPS) is 18.5. The van der Waals surface area contributed by atoms with Crippen molar-refractivity contribution in [3.63, 3.8) is 0 Å². The molecule has 2 aliphatic heterocycles. The van der Waals surface area contributed by atoms with Crippen molar-refractivity contribution in [2.75, 3.05) is 69.7 Å². The van der Waals surface area contributed by atoms with Crippen LogP contribution in [0.5, 0.6) is 0 Å². The third-order valence-electron chi connectivity index (χ3n) is 8.57. The van der Waals surface area contributed by atoms with Gasteiger partial charge >= 0.3 is 12.2 Å². The lowest BCUT2D eigenvalue weighted by molar-refractivity contribution is -0.137. The molecule has 0 saturated carbocycles. The molecule has 0 aliphatic carbocycles. The van der Waals surface area contributed by atoms with Gasteiger partial charge in [-0.05, 0) is 62.5 Å². The van der Waals surface area contributed by atoms with Crippen LogP contribution in [0.2, 0.25) is 0 Å². The molecule has 0 radical (unpaired) electrons. The minimum atomic E-state index is -4.70. The maximum atomic E-state index is 15.4. The first-order valence-corrected chi connectivity index (χ1v) is 14.7. The Labute approximate surface area is 257 Å². The molecule has 2 aromatic carbocycles. The van der Waals surface area contributed by atoms with E-state index in [0.29, 0.717) is 34.3 Å². The molecule has 2 aliphatic rings. The van der Waals surface area contributed by atoms with Crippen LogP contribution in [-0.2, 0) is 12.7 Å². The molecular weight excluding hydrogens is 590 g/mol. The molecule has 2 saturated heterocycles. The van der Waals surface area contributed by atoms with Crippen molar-refractivity contribution in [1.29, 1.82) is 0 Å². The largest absolute Gasteiger partial charge is 0.418 e. The highest BCUT2D eigenvalue weighted by Crippen LogP contribution is 2.38. The number of benzene rings is 2. The number of carbonyl (C=O) groups is 1. The van der Waals surface area contributed by atoms with Crippen LogP contribution in [0.4, 0.5) is 39.5 Å². The van der Waals surface area contributed by atoms with Gasteiger partial charge in [0.25, 0.3) is 0 Å². The van der Waals surface area contributed by atoms with Gasteiger partial charge in [0, 0.05) is 57.1 Å². The van der Waals surface area contributed by atoms with Crippen molar-refractivity contribution in [2.45, 2.75) is 25.2 Å². The molecule has 2 amide bonds. The molecule has 10 nitrogen and oxygen atoms in total. The predicted octanol–water partition coefficient (Wildman–Crippen LogP) is 5.11. The summed E-state index contributed by atoms with van der Waals surface area (Å²) in [6.07, 6.45) is -0.494. The number of fused-ring (bicyclic) bond motifs is 1. The highest BCUT2D eigenvalue weighted by Gasteiger charge is 2.34. The Morgan fingerprint density at radius 1 is 0.978 bits per heavy atom. The number of halogens is 4. The summed E-state index contributed by atoms with van der Waals surface area (Å²) in [6, 6.07) is 7.23. The van der Waals surface area contributed by atoms with Crippen molar-refractivity contribution in [2.24, 2.45) is 0 Å². The molecule has 4 heterocycles. The number of urea groups is 1. The van der Waals surface area contributed by atoms with Crippen LogP contribution in [0, 0.1) is 5.82 Å². The number of hydrogen-bond acceptors (Lipinski definition) is 7. The van der Waals surface area contributed by atoms with Crippen molar-refractivity contribution >= 4 is 34.3 Å². The van der Waals surface area contributed by atoms with E-state index in [1.807, 2.05) is 24.9 Å². The second-order valence-corrected chi connectivity index (χ2v) is 11.8. The van der Waals surface area contributed by atoms with Crippen LogP contribution in [0.25, 0.3) is 22.2 Å². The van der Waals surface area contributed by atoms with E-state index in [2.05, 4.69) is 35.3 Å². The van der Waals surface area contributed by atoms with Gasteiger partial charge in [-0.15, -0.1) is 0 Å². The number of nitrogens with two attached hydrogens (primary N) is 1. The molecule has 2 fully saturated rings. The van der Waals surface area contributed by atoms with Crippen molar-refractivity contribution in [1.82, 2.24) is 29.2 Å². The molecule has 14 heteroatoms. The summed E-state index contributed by atoms with van der Waals surface area (Å²) < 4.78 is 59.4. The topological polar surface area (TPSA) is 108 Å². The lowest BCUT2D eigenvalue weighted by atomic mass is 10.1. The number of alkyl halides is 3. The van der Waals surface area contributed by atoms with Crippen LogP contribution < -0.4 is 16.4 Å². The molecule has 1 atom stereocenters. The number of hydrogen-bond donors (Lipinski definition) is 3. The zero-order valence-electron chi connectivity index (χ0n) is 25.0. The number of carbonyl (C=O) groups excluding carboxylic acids is 1. The Bertz CT molecular complexity index is 1720. The third kappa shape index (κ3) is 6.58. The van der Waals surface area contributed by atoms with Crippen molar-refractivity contribution in [3.8, 4) is 11.1 Å². The Morgan fingerprint density at radius 2 is 1.71 bits per heavy atom. The van der Waals surface area contributed by atoms with E-state index in [1.165, 1.54) is 24.5 Å². The number of anilines is 3. The first-order valence-electron chi connectivity index (χ1n) is 14.7. The highest BCUT2D eigenvalue weighted by atomic mass is 19.4. The average Bonchev–Trinajstić information content (AvgIpc) is 3.60. The molecule has 1 unspecified atom stereocenters. The van der Waals surface area contributed by atoms with Crippen LogP contribution in [-0.4, -0.2) is 88.6 Å². The van der Waals surface area contributed by atoms with Crippen LogP contribution in [0.1, 0.15) is 23.6 Å². The second-order valence-electron chi connectivity index (χ2n) is 11.8. The minimum absolute atomic E-state index is 0.164. The van der Waals surface area contributed by atoms with E-state index < -0.39 is 29.3 Å². The number of nitrogens with one attached hydrogen (secondary N) is 2. The minimum Gasteiger partial charge on any atom is -0.383 e. The number of likely N-dealkylation sites (tertiary alicyclic amines) is 1. The Morgan fingerprint density at radius 3 is 2.40 bits per heavy atom. The Kier molecular flexibility index (Phi) is 8.37. The zero-order chi connectivity index (χ0) is 31.9. The monoisotopic (exact) mass is 625 g/mol. The number of nitrogens with zero attached hydrogens (tertiary/aromatic N) is 6. The van der Waals surface area contributed by atoms with Crippen molar-refractivity contribution in [3.05, 3.63) is 65.9 Å². The Balaban J connectivity index is 1.20. The molecule has 4 aromatic rings. The number of piperazine rings is 1. The molecule has 6 rings (SSSR count). The maximum Gasteiger partial charge on any atom is 0.418 e. The van der Waals surface area contributed by atoms with Gasteiger partial charge in [0.1, 0.15) is 23.6 Å². The molecule has 4 N–H and O–H groups in total. The lowest BCUT2D eigenvalue weighted by Gasteiger charge is -2.32. The first-order chi connectivity index (χ1) is 21.5. The van der Waals surface area contributed by atoms with Gasteiger partial charge in [0.2, 0.25) is 0 Å². The SMILES string of the molecule is CN1CCN(Cc2ccc(NC(=O)Nc3ccc(-c4cn(C5CCN(C)C5)c5ncnc(N)c45)cc3F)c(C(F)(F)F)c2)CC1. The third-order valence-corrected chi connectivity index (χ3v) is 8.57. The van der Waals surface area contributed by atoms with Gasteiger partial charge < -0.3 is 30.7 Å². The fourth-order valence-electron chi connectivity index (χ4n) is 6.10. The molecule has 0 bridgehead atoms. The van der Waals surface area contributed by atoms with Crippen LogP contribution >= 0.6 is 0 Å². The fraction of sp³-hybridized carbons (Fsp3) is 0.387. The predicted molar refractivity (Wildman–Crippen MR) is 165 cm³/mol. The smallest absolute Gasteiger partial charge is 0.383 e. The summed E-state index contributed by atoms with van der Waals surface area (Å²) in [6.45, 7) is 5.32. The maximum absolute atomic E-state index is 15.4. The highest BCUT2D eigenvalue weighted by molar-refractivity contribution is 6.02. The van der Waals surface area contributed by atoms with Gasteiger partial charge in [-0.2, -0.15) is 13.2 Å². The van der Waals surface area contributed by atoms with Crippen molar-refractivity contribution < 1.29 is 22.4 Å². The summed E-state index contributed by atoms with van der Waals surface area (Å²) in [5.41, 5.74) is 6.92. The molecule has 45 heavy (non-hydrogen) atoms. The molecule has 0 spiro atoms. The number of likely N-dealkylation sites (N-methyl/N-ethyl adjacent to an activating group) is 2. The summed E-state index contributed by atoms with van der Waals surface area (Å²) >= 11 is 0.